The van der Waals surface area contributed by atoms with Crippen molar-refractivity contribution < 1.29 is 9.18 Å². The molecule has 1 aromatic heterocycles. The topological polar surface area (TPSA) is 116 Å². The fourth-order valence-electron chi connectivity index (χ4n) is 3.14. The van der Waals surface area contributed by atoms with Crippen LogP contribution in [0.4, 0.5) is 15.9 Å². The predicted octanol–water partition coefficient (Wildman–Crippen LogP) is 5.55. The number of aromatic nitrogens is 1. The van der Waals surface area contributed by atoms with Crippen LogP contribution in [0.5, 0.6) is 0 Å². The molecule has 0 spiro atoms. The van der Waals surface area contributed by atoms with Gasteiger partial charge in [0.05, 0.1) is 10.6 Å². The van der Waals surface area contributed by atoms with Crippen molar-refractivity contribution in [3.05, 3.63) is 70.0 Å². The van der Waals surface area contributed by atoms with Gasteiger partial charge < -0.3 is 11.1 Å². The van der Waals surface area contributed by atoms with Crippen molar-refractivity contribution in [2.45, 2.75) is 24.8 Å². The lowest BCUT2D eigenvalue weighted by molar-refractivity contribution is -0.115. The number of carbonyl (C=O) groups excluding carboxylic acids is 1. The van der Waals surface area contributed by atoms with E-state index < -0.39 is 5.82 Å². The van der Waals surface area contributed by atoms with E-state index in [0.717, 1.165) is 12.0 Å². The number of nitrogens with one attached hydrogen (secondary N) is 1. The minimum atomic E-state index is -0.570. The van der Waals surface area contributed by atoms with E-state index in [9.17, 15) is 19.7 Å². The molecule has 33 heavy (non-hydrogen) atoms. The standard InChI is InChI=1S/C24H19ClFN5OS/c1-2-14-3-5-15(6-4-14)22-17(12-27)23(29)31-24(18(22)13-28)33-10-9-21(32)30-16-7-8-20(26)19(25)11-16/h3-8,11H,2,9-10H2,1H3,(H2,29,31)(H,30,32). The normalized spacial score (nSPS) is 10.3. The summed E-state index contributed by atoms with van der Waals surface area (Å²) in [5, 5.41) is 22.4. The Labute approximate surface area is 200 Å². The highest BCUT2D eigenvalue weighted by Gasteiger charge is 2.20. The fraction of sp³-hybridized carbons (Fsp3) is 0.167. The largest absolute Gasteiger partial charge is 0.383 e. The summed E-state index contributed by atoms with van der Waals surface area (Å²) in [5.74, 6) is -0.541. The number of nitrogen functional groups attached to an aromatic ring is 1. The summed E-state index contributed by atoms with van der Waals surface area (Å²) in [5.41, 5.74) is 9.05. The Balaban J connectivity index is 1.81. The fourth-order valence-corrected chi connectivity index (χ4v) is 4.25. The summed E-state index contributed by atoms with van der Waals surface area (Å²) in [7, 11) is 0. The minimum absolute atomic E-state index is 0.0268. The van der Waals surface area contributed by atoms with Gasteiger partial charge in [0.2, 0.25) is 5.91 Å². The Morgan fingerprint density at radius 2 is 1.88 bits per heavy atom. The molecular weight excluding hydrogens is 461 g/mol. The van der Waals surface area contributed by atoms with Gasteiger partial charge in [-0.1, -0.05) is 42.8 Å². The van der Waals surface area contributed by atoms with Gasteiger partial charge in [-0.2, -0.15) is 10.5 Å². The molecule has 3 aromatic rings. The quantitative estimate of drug-likeness (QED) is 0.429. The van der Waals surface area contributed by atoms with E-state index in [2.05, 4.69) is 22.4 Å². The van der Waals surface area contributed by atoms with Gasteiger partial charge in [0.15, 0.2) is 0 Å². The molecule has 1 amide bonds. The molecular formula is C24H19ClFN5OS. The van der Waals surface area contributed by atoms with Gasteiger partial charge in [-0.25, -0.2) is 9.37 Å². The van der Waals surface area contributed by atoms with Gasteiger partial charge >= 0.3 is 0 Å². The first kappa shape index (κ1) is 24.1. The zero-order valence-corrected chi connectivity index (χ0v) is 19.2. The molecule has 0 unspecified atom stereocenters. The zero-order chi connectivity index (χ0) is 24.0. The van der Waals surface area contributed by atoms with Crippen molar-refractivity contribution in [3.63, 3.8) is 0 Å². The second-order valence-corrected chi connectivity index (χ2v) is 8.47. The lowest BCUT2D eigenvalue weighted by Gasteiger charge is -2.13. The average molecular weight is 480 g/mol. The Kier molecular flexibility index (Phi) is 7.89. The first-order valence-electron chi connectivity index (χ1n) is 9.98. The molecule has 0 atom stereocenters. The summed E-state index contributed by atoms with van der Waals surface area (Å²) in [4.78, 5) is 16.5. The van der Waals surface area contributed by atoms with Gasteiger partial charge in [0, 0.05) is 23.4 Å². The van der Waals surface area contributed by atoms with E-state index >= 15 is 0 Å². The Morgan fingerprint density at radius 1 is 1.18 bits per heavy atom. The number of hydrogen-bond donors (Lipinski definition) is 2. The number of nitrogens with two attached hydrogens (primary N) is 1. The predicted molar refractivity (Wildman–Crippen MR) is 128 cm³/mol. The number of halogens is 2. The summed E-state index contributed by atoms with van der Waals surface area (Å²) < 4.78 is 13.3. The van der Waals surface area contributed by atoms with Crippen molar-refractivity contribution in [3.8, 4) is 23.3 Å². The van der Waals surface area contributed by atoms with Gasteiger partial charge in [-0.05, 0) is 35.7 Å². The highest BCUT2D eigenvalue weighted by atomic mass is 35.5. The van der Waals surface area contributed by atoms with E-state index in [-0.39, 0.29) is 34.3 Å². The maximum atomic E-state index is 13.3. The highest BCUT2D eigenvalue weighted by molar-refractivity contribution is 7.99. The third-order valence-electron chi connectivity index (χ3n) is 4.84. The SMILES string of the molecule is CCc1ccc(-c2c(C#N)c(N)nc(SCCC(=O)Nc3ccc(F)c(Cl)c3)c2C#N)cc1. The first-order valence-corrected chi connectivity index (χ1v) is 11.3. The lowest BCUT2D eigenvalue weighted by Crippen LogP contribution is -2.12. The van der Waals surface area contributed by atoms with Crippen LogP contribution in [-0.4, -0.2) is 16.6 Å². The van der Waals surface area contributed by atoms with Crippen LogP contribution in [0.2, 0.25) is 5.02 Å². The Morgan fingerprint density at radius 3 is 2.48 bits per heavy atom. The average Bonchev–Trinajstić information content (AvgIpc) is 2.81. The number of rotatable bonds is 7. The van der Waals surface area contributed by atoms with Crippen LogP contribution in [-0.2, 0) is 11.2 Å². The zero-order valence-electron chi connectivity index (χ0n) is 17.7. The molecule has 9 heteroatoms. The van der Waals surface area contributed by atoms with Gasteiger partial charge in [0.25, 0.3) is 0 Å². The maximum absolute atomic E-state index is 13.3. The number of anilines is 2. The molecule has 3 rings (SSSR count). The van der Waals surface area contributed by atoms with Crippen LogP contribution in [0.1, 0.15) is 30.0 Å². The van der Waals surface area contributed by atoms with E-state index in [4.69, 9.17) is 17.3 Å². The highest BCUT2D eigenvalue weighted by Crippen LogP contribution is 2.36. The van der Waals surface area contributed by atoms with Crippen molar-refractivity contribution in [2.75, 3.05) is 16.8 Å². The van der Waals surface area contributed by atoms with Crippen LogP contribution in [0.15, 0.2) is 47.5 Å². The van der Waals surface area contributed by atoms with Gasteiger partial charge in [-0.3, -0.25) is 4.79 Å². The van der Waals surface area contributed by atoms with Crippen molar-refractivity contribution in [1.29, 1.82) is 10.5 Å². The Bertz CT molecular complexity index is 1280. The van der Waals surface area contributed by atoms with Gasteiger partial charge in [0.1, 0.15) is 34.4 Å². The third-order valence-corrected chi connectivity index (χ3v) is 6.10. The number of benzene rings is 2. The molecule has 166 valence electrons. The number of amides is 1. The third kappa shape index (κ3) is 5.61. The molecule has 0 aliphatic rings. The molecule has 3 N–H and O–H groups in total. The number of carbonyl (C=O) groups is 1. The van der Waals surface area contributed by atoms with Crippen LogP contribution in [0, 0.1) is 28.5 Å². The maximum Gasteiger partial charge on any atom is 0.225 e. The van der Waals surface area contributed by atoms with E-state index in [1.807, 2.05) is 31.2 Å². The second-order valence-electron chi connectivity index (χ2n) is 6.98. The van der Waals surface area contributed by atoms with E-state index in [1.165, 1.54) is 30.0 Å². The molecule has 0 bridgehead atoms. The second kappa shape index (κ2) is 10.8. The number of hydrogen-bond acceptors (Lipinski definition) is 6. The minimum Gasteiger partial charge on any atom is -0.383 e. The molecule has 0 aliphatic carbocycles. The number of nitriles is 2. The van der Waals surface area contributed by atoms with Crippen molar-refractivity contribution >= 4 is 40.8 Å². The summed E-state index contributed by atoms with van der Waals surface area (Å²) in [6.07, 6.45) is 0.967. The lowest BCUT2D eigenvalue weighted by atomic mass is 9.96. The summed E-state index contributed by atoms with van der Waals surface area (Å²) in [6, 6.07) is 15.7. The summed E-state index contributed by atoms with van der Waals surface area (Å²) in [6.45, 7) is 2.04. The Hall–Kier alpha value is -3.59. The molecule has 0 aliphatic heterocycles. The van der Waals surface area contributed by atoms with Crippen LogP contribution < -0.4 is 11.1 Å². The first-order chi connectivity index (χ1) is 15.9. The molecule has 0 saturated heterocycles. The van der Waals surface area contributed by atoms with E-state index in [0.29, 0.717) is 27.6 Å². The number of aryl methyl sites for hydroxylation is 1. The van der Waals surface area contributed by atoms with Crippen LogP contribution in [0.3, 0.4) is 0 Å². The molecule has 2 aromatic carbocycles. The van der Waals surface area contributed by atoms with Crippen molar-refractivity contribution in [1.82, 2.24) is 4.98 Å². The summed E-state index contributed by atoms with van der Waals surface area (Å²) >= 11 is 6.93. The van der Waals surface area contributed by atoms with Crippen LogP contribution in [0.25, 0.3) is 11.1 Å². The molecule has 6 nitrogen and oxygen atoms in total. The van der Waals surface area contributed by atoms with E-state index in [1.54, 1.807) is 0 Å². The van der Waals surface area contributed by atoms with Crippen molar-refractivity contribution in [2.24, 2.45) is 0 Å². The van der Waals surface area contributed by atoms with Crippen LogP contribution >= 0.6 is 23.4 Å². The smallest absolute Gasteiger partial charge is 0.225 e. The molecule has 0 saturated carbocycles. The molecule has 0 fully saturated rings. The molecule has 1 heterocycles. The number of thioether (sulfide) groups is 1. The number of pyridine rings is 1. The number of nitrogens with zero attached hydrogens (tertiary/aromatic N) is 3. The monoisotopic (exact) mass is 479 g/mol. The molecule has 0 radical (unpaired) electrons. The van der Waals surface area contributed by atoms with Gasteiger partial charge in [-0.15, -0.1) is 11.8 Å².